The lowest BCUT2D eigenvalue weighted by atomic mass is 9.62. The van der Waals surface area contributed by atoms with E-state index in [2.05, 4.69) is 0 Å². The number of carbonyl (C=O) groups is 3. The minimum absolute atomic E-state index is 0.196. The van der Waals surface area contributed by atoms with E-state index in [1.807, 2.05) is 60.7 Å². The Balaban J connectivity index is 1.76. The van der Waals surface area contributed by atoms with Crippen LogP contribution in [0.1, 0.15) is 63.0 Å². The summed E-state index contributed by atoms with van der Waals surface area (Å²) in [6.45, 7) is 3.50. The third kappa shape index (κ3) is 3.32. The summed E-state index contributed by atoms with van der Waals surface area (Å²) in [6, 6.07) is 17.4. The molecule has 0 unspecified atom stereocenters. The first-order valence-electron chi connectivity index (χ1n) is 12.4. The average Bonchev–Trinajstić information content (AvgIpc) is 3.52. The zero-order valence-corrected chi connectivity index (χ0v) is 19.8. The molecule has 5 rings (SSSR count). The highest BCUT2D eigenvalue weighted by atomic mass is 16.5. The van der Waals surface area contributed by atoms with Gasteiger partial charge >= 0.3 is 5.97 Å². The molecule has 1 fully saturated rings. The van der Waals surface area contributed by atoms with Crippen LogP contribution in [0.4, 0.5) is 5.69 Å². The van der Waals surface area contributed by atoms with Crippen molar-refractivity contribution >= 4 is 23.5 Å². The van der Waals surface area contributed by atoms with E-state index >= 15 is 0 Å². The summed E-state index contributed by atoms with van der Waals surface area (Å²) in [5.74, 6) is -1.12. The summed E-state index contributed by atoms with van der Waals surface area (Å²) in [5.41, 5.74) is 1.85. The van der Waals surface area contributed by atoms with Gasteiger partial charge in [-0.2, -0.15) is 0 Å². The summed E-state index contributed by atoms with van der Waals surface area (Å²) < 4.78 is 5.50. The SMILES string of the molecule is CCOC(=O)C1=C[C@@H](CC2CCCC2)[C@]2(C(=O)N(C(C)=O)c3ccccc32)[C@H]1c1ccccc1. The summed E-state index contributed by atoms with van der Waals surface area (Å²) in [7, 11) is 0. The number of ether oxygens (including phenoxy) is 1. The lowest BCUT2D eigenvalue weighted by Gasteiger charge is -2.38. The normalized spacial score (nSPS) is 26.1. The van der Waals surface area contributed by atoms with E-state index in [9.17, 15) is 14.4 Å². The third-order valence-electron chi connectivity index (χ3n) is 7.90. The molecule has 2 aromatic rings. The van der Waals surface area contributed by atoms with Gasteiger partial charge in [0.1, 0.15) is 0 Å². The topological polar surface area (TPSA) is 63.7 Å². The Kier molecular flexibility index (Phi) is 5.88. The van der Waals surface area contributed by atoms with Gasteiger partial charge in [0.05, 0.1) is 17.7 Å². The lowest BCUT2D eigenvalue weighted by Crippen LogP contribution is -2.49. The molecule has 3 aliphatic rings. The molecule has 0 radical (unpaired) electrons. The van der Waals surface area contributed by atoms with Crippen molar-refractivity contribution in [1.82, 2.24) is 0 Å². The number of anilines is 1. The summed E-state index contributed by atoms with van der Waals surface area (Å²) in [5, 5.41) is 0. The second-order valence-corrected chi connectivity index (χ2v) is 9.72. The Hall–Kier alpha value is -3.21. The first-order valence-corrected chi connectivity index (χ1v) is 12.4. The zero-order valence-electron chi connectivity index (χ0n) is 19.8. The number of hydrogen-bond donors (Lipinski definition) is 0. The molecule has 0 N–H and O–H groups in total. The smallest absolute Gasteiger partial charge is 0.334 e. The van der Waals surface area contributed by atoms with Crippen LogP contribution in [-0.4, -0.2) is 24.4 Å². The molecule has 5 heteroatoms. The molecule has 1 spiro atoms. The van der Waals surface area contributed by atoms with Crippen LogP contribution in [0.25, 0.3) is 0 Å². The molecule has 3 atom stereocenters. The van der Waals surface area contributed by atoms with Crippen LogP contribution in [-0.2, 0) is 24.5 Å². The second-order valence-electron chi connectivity index (χ2n) is 9.72. The first-order chi connectivity index (χ1) is 16.5. The van der Waals surface area contributed by atoms with Crippen molar-refractivity contribution in [3.63, 3.8) is 0 Å². The van der Waals surface area contributed by atoms with Gasteiger partial charge in [0.2, 0.25) is 11.8 Å². The molecule has 5 nitrogen and oxygen atoms in total. The van der Waals surface area contributed by atoms with Crippen LogP contribution in [0.2, 0.25) is 0 Å². The largest absolute Gasteiger partial charge is 0.463 e. The van der Waals surface area contributed by atoms with E-state index in [0.29, 0.717) is 17.2 Å². The summed E-state index contributed by atoms with van der Waals surface area (Å²) in [6.07, 6.45) is 7.50. The highest BCUT2D eigenvalue weighted by Crippen LogP contribution is 2.62. The molecule has 1 heterocycles. The Morgan fingerprint density at radius 3 is 2.38 bits per heavy atom. The molecule has 34 heavy (non-hydrogen) atoms. The highest BCUT2D eigenvalue weighted by Gasteiger charge is 2.65. The average molecular weight is 458 g/mol. The van der Waals surface area contributed by atoms with Crippen molar-refractivity contribution in [3.05, 3.63) is 77.4 Å². The number of nitrogens with zero attached hydrogens (tertiary/aromatic N) is 1. The van der Waals surface area contributed by atoms with Crippen LogP contribution in [0.3, 0.4) is 0 Å². The fourth-order valence-electron chi connectivity index (χ4n) is 6.63. The van der Waals surface area contributed by atoms with Crippen molar-refractivity contribution in [3.8, 4) is 0 Å². The molecule has 1 aliphatic heterocycles. The van der Waals surface area contributed by atoms with Crippen molar-refractivity contribution in [2.45, 2.75) is 57.3 Å². The molecule has 2 amide bonds. The monoisotopic (exact) mass is 457 g/mol. The summed E-state index contributed by atoms with van der Waals surface area (Å²) >= 11 is 0. The van der Waals surface area contributed by atoms with E-state index in [4.69, 9.17) is 4.74 Å². The van der Waals surface area contributed by atoms with Gasteiger partial charge in [-0.25, -0.2) is 9.69 Å². The number of esters is 1. The van der Waals surface area contributed by atoms with Crippen molar-refractivity contribution in [2.75, 3.05) is 11.5 Å². The van der Waals surface area contributed by atoms with Crippen LogP contribution >= 0.6 is 0 Å². The van der Waals surface area contributed by atoms with Gasteiger partial charge in [0, 0.05) is 18.4 Å². The van der Waals surface area contributed by atoms with Gasteiger partial charge in [0.15, 0.2) is 0 Å². The number of rotatable bonds is 5. The Morgan fingerprint density at radius 1 is 1.03 bits per heavy atom. The minimum atomic E-state index is -1.05. The van der Waals surface area contributed by atoms with Gasteiger partial charge in [-0.1, -0.05) is 80.3 Å². The predicted octanol–water partition coefficient (Wildman–Crippen LogP) is 5.30. The lowest BCUT2D eigenvalue weighted by molar-refractivity contribution is -0.138. The van der Waals surface area contributed by atoms with E-state index in [1.165, 1.54) is 24.7 Å². The maximum absolute atomic E-state index is 14.4. The number of benzene rings is 2. The number of imide groups is 1. The van der Waals surface area contributed by atoms with E-state index in [-0.39, 0.29) is 30.3 Å². The van der Waals surface area contributed by atoms with Crippen LogP contribution in [0.5, 0.6) is 0 Å². The Labute approximate surface area is 200 Å². The first kappa shape index (κ1) is 22.6. The van der Waals surface area contributed by atoms with Gasteiger partial charge in [-0.05, 0) is 42.4 Å². The number of amides is 2. The molecule has 0 bridgehead atoms. The maximum Gasteiger partial charge on any atom is 0.334 e. The standard InChI is InChI=1S/C29H31NO4/c1-3-34-27(32)23-18-22(17-20-11-7-8-12-20)29(26(23)21-13-5-4-6-14-21)24-15-9-10-16-25(24)30(19(2)31)28(29)33/h4-6,9-10,13-16,18,20,22,26H,3,7-8,11-12,17H2,1-2H3/t22-,26+,29-/m1/s1. The second kappa shape index (κ2) is 8.86. The van der Waals surface area contributed by atoms with Crippen LogP contribution < -0.4 is 4.90 Å². The van der Waals surface area contributed by atoms with Gasteiger partial charge < -0.3 is 4.74 Å². The van der Waals surface area contributed by atoms with Crippen molar-refractivity contribution in [2.24, 2.45) is 11.8 Å². The minimum Gasteiger partial charge on any atom is -0.463 e. The predicted molar refractivity (Wildman–Crippen MR) is 130 cm³/mol. The van der Waals surface area contributed by atoms with Gasteiger partial charge in [0.25, 0.3) is 0 Å². The number of hydrogen-bond acceptors (Lipinski definition) is 4. The third-order valence-corrected chi connectivity index (χ3v) is 7.90. The molecule has 2 aliphatic carbocycles. The van der Waals surface area contributed by atoms with Crippen molar-refractivity contribution in [1.29, 1.82) is 0 Å². The Bertz CT molecular complexity index is 1150. The fraction of sp³-hybridized carbons (Fsp3) is 0.414. The number of fused-ring (bicyclic) bond motifs is 2. The fourth-order valence-corrected chi connectivity index (χ4v) is 6.63. The van der Waals surface area contributed by atoms with E-state index in [1.54, 1.807) is 6.92 Å². The Morgan fingerprint density at radius 2 is 1.71 bits per heavy atom. The van der Waals surface area contributed by atoms with Crippen LogP contribution in [0.15, 0.2) is 66.2 Å². The van der Waals surface area contributed by atoms with Gasteiger partial charge in [-0.3, -0.25) is 9.59 Å². The molecule has 2 aromatic carbocycles. The van der Waals surface area contributed by atoms with Crippen molar-refractivity contribution < 1.29 is 19.1 Å². The highest BCUT2D eigenvalue weighted by molar-refractivity contribution is 6.23. The zero-order chi connectivity index (χ0) is 23.9. The number of allylic oxidation sites excluding steroid dienone is 1. The maximum atomic E-state index is 14.4. The molecule has 1 saturated carbocycles. The molecular weight excluding hydrogens is 426 g/mol. The van der Waals surface area contributed by atoms with Gasteiger partial charge in [-0.15, -0.1) is 0 Å². The molecule has 176 valence electrons. The van der Waals surface area contributed by atoms with E-state index < -0.39 is 11.3 Å². The molecule has 0 saturated heterocycles. The number of carbonyl (C=O) groups excluding carboxylic acids is 3. The number of para-hydroxylation sites is 1. The molecular formula is C29H31NO4. The summed E-state index contributed by atoms with van der Waals surface area (Å²) in [4.78, 5) is 41.8. The molecule has 0 aromatic heterocycles. The van der Waals surface area contributed by atoms with Crippen LogP contribution in [0, 0.1) is 11.8 Å². The quantitative estimate of drug-likeness (QED) is 0.572. The van der Waals surface area contributed by atoms with E-state index in [0.717, 1.165) is 30.4 Å².